The number of halogens is 3. The Kier molecular flexibility index (Phi) is 16.9. The van der Waals surface area contributed by atoms with Crippen molar-refractivity contribution in [1.82, 2.24) is 24.5 Å². The van der Waals surface area contributed by atoms with Gasteiger partial charge in [-0.25, -0.2) is 0 Å². The zero-order chi connectivity index (χ0) is 43.9. The summed E-state index contributed by atoms with van der Waals surface area (Å²) < 4.78 is 45.7. The van der Waals surface area contributed by atoms with E-state index in [-0.39, 0.29) is 24.8 Å². The predicted octanol–water partition coefficient (Wildman–Crippen LogP) is 6.95. The highest BCUT2D eigenvalue weighted by Crippen LogP contribution is 2.29. The molecule has 0 unspecified atom stereocenters. The molecule has 13 heteroatoms. The lowest BCUT2D eigenvalue weighted by Crippen LogP contribution is -2.51. The summed E-state index contributed by atoms with van der Waals surface area (Å²) in [7, 11) is 7.83. The largest absolute Gasteiger partial charge is 0.494 e. The number of ether oxygens (including phenoxy) is 1. The van der Waals surface area contributed by atoms with Crippen LogP contribution in [0.25, 0.3) is 6.08 Å². The van der Waals surface area contributed by atoms with Gasteiger partial charge in [-0.05, 0) is 92.3 Å². The van der Waals surface area contributed by atoms with E-state index in [4.69, 9.17) is 4.74 Å². The normalized spacial score (nSPS) is 13.8. The summed E-state index contributed by atoms with van der Waals surface area (Å²) in [6.45, 7) is 7.62. The molecular weight excluding hydrogens is 782 g/mol. The third-order valence-electron chi connectivity index (χ3n) is 10.8. The van der Waals surface area contributed by atoms with E-state index < -0.39 is 23.7 Å². The van der Waals surface area contributed by atoms with Crippen molar-refractivity contribution >= 4 is 29.5 Å². The predicted molar refractivity (Wildman–Crippen MR) is 235 cm³/mol. The van der Waals surface area contributed by atoms with E-state index in [1.165, 1.54) is 24.3 Å². The first-order chi connectivity index (χ1) is 29.2. The molecule has 3 amide bonds. The van der Waals surface area contributed by atoms with Gasteiger partial charge in [0, 0.05) is 91.1 Å². The topological polar surface area (TPSA) is 79.9 Å². The molecule has 1 atom stereocenters. The Morgan fingerprint density at radius 3 is 1.97 bits per heavy atom. The highest BCUT2D eigenvalue weighted by molar-refractivity contribution is 5.95. The third kappa shape index (κ3) is 14.5. The zero-order valence-electron chi connectivity index (χ0n) is 36.0. The number of likely N-dealkylation sites (N-methyl/N-ethyl adjacent to an activating group) is 2. The van der Waals surface area contributed by atoms with E-state index >= 15 is 0 Å². The molecule has 4 aromatic carbocycles. The van der Waals surface area contributed by atoms with Crippen LogP contribution in [0.4, 0.5) is 18.9 Å². The molecule has 1 aliphatic heterocycles. The van der Waals surface area contributed by atoms with Crippen LogP contribution in [0.5, 0.6) is 5.75 Å². The van der Waals surface area contributed by atoms with E-state index in [1.807, 2.05) is 105 Å². The summed E-state index contributed by atoms with van der Waals surface area (Å²) in [4.78, 5) is 52.3. The molecule has 5 rings (SSSR count). The van der Waals surface area contributed by atoms with Gasteiger partial charge in [-0.15, -0.1) is 0 Å². The minimum atomic E-state index is -4.48. The van der Waals surface area contributed by atoms with Gasteiger partial charge in [-0.2, -0.15) is 13.2 Å². The standard InChI is InChI=1S/C48H59F3N6O4/c1-37(58)55-29-31-56(32-30-55)43-21-14-41(15-22-43)36-57(46(59)25-18-38-12-19-42(20-13-38)48(49,50)51)45(34-39-10-7-6-8-11-39)47(60)54(5)28-27-53(4)35-40-16-23-44(24-17-40)61-33-9-26-52(2)3/h6-8,10-25,45H,9,26-36H2,1-5H3/b25-18+/t45-/m0/s1. The number of amides is 3. The smallest absolute Gasteiger partial charge is 0.416 e. The third-order valence-corrected chi connectivity index (χ3v) is 10.8. The SMILES string of the molecule is CC(=O)N1CCN(c2ccc(CN(C(=O)/C=C/c3ccc(C(F)(F)F)cc3)[C@@H](Cc3ccccc3)C(=O)N(C)CCN(C)Cc3ccc(OCCCN(C)C)cc3)cc2)CC1. The molecule has 10 nitrogen and oxygen atoms in total. The van der Waals surface area contributed by atoms with Gasteiger partial charge in [-0.1, -0.05) is 66.7 Å². The molecule has 0 bridgehead atoms. The minimum absolute atomic E-state index is 0.0584. The zero-order valence-corrected chi connectivity index (χ0v) is 36.0. The van der Waals surface area contributed by atoms with E-state index in [1.54, 1.807) is 23.8 Å². The molecule has 0 aromatic heterocycles. The highest BCUT2D eigenvalue weighted by Gasteiger charge is 2.32. The van der Waals surface area contributed by atoms with E-state index in [2.05, 4.69) is 14.7 Å². The molecule has 0 N–H and O–H groups in total. The van der Waals surface area contributed by atoms with Crippen molar-refractivity contribution in [2.45, 2.75) is 45.1 Å². The van der Waals surface area contributed by atoms with Crippen LogP contribution < -0.4 is 9.64 Å². The molecule has 1 saturated heterocycles. The van der Waals surface area contributed by atoms with Crippen LogP contribution in [0.15, 0.2) is 109 Å². The number of piperazine rings is 1. The Hall–Kier alpha value is -5.66. The average Bonchev–Trinajstić information content (AvgIpc) is 3.25. The fourth-order valence-electron chi connectivity index (χ4n) is 7.18. The number of alkyl halides is 3. The van der Waals surface area contributed by atoms with Gasteiger partial charge in [0.2, 0.25) is 17.7 Å². The molecule has 1 heterocycles. The van der Waals surface area contributed by atoms with Crippen LogP contribution >= 0.6 is 0 Å². The molecule has 0 radical (unpaired) electrons. The van der Waals surface area contributed by atoms with Gasteiger partial charge in [0.05, 0.1) is 12.2 Å². The van der Waals surface area contributed by atoms with E-state index in [0.717, 1.165) is 53.2 Å². The fraction of sp³-hybridized carbons (Fsp3) is 0.396. The lowest BCUT2D eigenvalue weighted by molar-refractivity contribution is -0.143. The van der Waals surface area contributed by atoms with Gasteiger partial charge >= 0.3 is 6.18 Å². The van der Waals surface area contributed by atoms with Crippen molar-refractivity contribution in [2.24, 2.45) is 0 Å². The number of nitrogens with zero attached hydrogens (tertiary/aromatic N) is 6. The maximum absolute atomic E-state index is 14.6. The van der Waals surface area contributed by atoms with Crippen LogP contribution in [-0.2, 0) is 40.1 Å². The van der Waals surface area contributed by atoms with Gasteiger partial charge in [0.1, 0.15) is 11.8 Å². The summed E-state index contributed by atoms with van der Waals surface area (Å²) in [5.74, 6) is 0.204. The lowest BCUT2D eigenvalue weighted by atomic mass is 10.0. The second kappa shape index (κ2) is 22.3. The highest BCUT2D eigenvalue weighted by atomic mass is 19.4. The first kappa shape index (κ1) is 46.4. The van der Waals surface area contributed by atoms with Gasteiger partial charge in [0.25, 0.3) is 0 Å². The summed E-state index contributed by atoms with van der Waals surface area (Å²) in [5.41, 5.74) is 3.43. The van der Waals surface area contributed by atoms with E-state index in [0.29, 0.717) is 58.0 Å². The van der Waals surface area contributed by atoms with Crippen LogP contribution in [0.2, 0.25) is 0 Å². The maximum Gasteiger partial charge on any atom is 0.416 e. The fourth-order valence-corrected chi connectivity index (χ4v) is 7.18. The van der Waals surface area contributed by atoms with Crippen molar-refractivity contribution in [3.05, 3.63) is 137 Å². The lowest BCUT2D eigenvalue weighted by Gasteiger charge is -2.36. The molecule has 0 saturated carbocycles. The molecule has 326 valence electrons. The number of carbonyl (C=O) groups is 3. The van der Waals surface area contributed by atoms with Crippen molar-refractivity contribution in [1.29, 1.82) is 0 Å². The molecule has 0 aliphatic carbocycles. The Bertz CT molecular complexity index is 2020. The summed E-state index contributed by atoms with van der Waals surface area (Å²) in [5, 5.41) is 0. The number of hydrogen-bond donors (Lipinski definition) is 0. The molecule has 4 aromatic rings. The number of rotatable bonds is 19. The Labute approximate surface area is 358 Å². The first-order valence-corrected chi connectivity index (χ1v) is 20.8. The molecular formula is C48H59F3N6O4. The van der Waals surface area contributed by atoms with Crippen molar-refractivity contribution in [3.8, 4) is 5.75 Å². The van der Waals surface area contributed by atoms with Crippen LogP contribution in [-0.4, -0.2) is 129 Å². The number of hydrogen-bond acceptors (Lipinski definition) is 7. The van der Waals surface area contributed by atoms with Crippen LogP contribution in [0, 0.1) is 0 Å². The van der Waals surface area contributed by atoms with Gasteiger partial charge < -0.3 is 34.1 Å². The van der Waals surface area contributed by atoms with Crippen LogP contribution in [0.3, 0.4) is 0 Å². The van der Waals surface area contributed by atoms with E-state index in [9.17, 15) is 27.6 Å². The Morgan fingerprint density at radius 1 is 0.738 bits per heavy atom. The number of benzene rings is 4. The second-order valence-corrected chi connectivity index (χ2v) is 15.9. The number of carbonyl (C=O) groups excluding carboxylic acids is 3. The quantitative estimate of drug-likeness (QED) is 0.0748. The monoisotopic (exact) mass is 840 g/mol. The van der Waals surface area contributed by atoms with Gasteiger partial charge in [-0.3, -0.25) is 14.4 Å². The minimum Gasteiger partial charge on any atom is -0.494 e. The molecule has 0 spiro atoms. The van der Waals surface area contributed by atoms with Gasteiger partial charge in [0.15, 0.2) is 0 Å². The average molecular weight is 841 g/mol. The Morgan fingerprint density at radius 2 is 1.36 bits per heavy atom. The molecule has 1 fully saturated rings. The molecule has 1 aliphatic rings. The first-order valence-electron chi connectivity index (χ1n) is 20.8. The summed E-state index contributed by atoms with van der Waals surface area (Å²) >= 11 is 0. The Balaban J connectivity index is 1.33. The summed E-state index contributed by atoms with van der Waals surface area (Å²) in [6.07, 6.45) is -0.485. The van der Waals surface area contributed by atoms with Crippen molar-refractivity contribution < 1.29 is 32.3 Å². The number of anilines is 1. The summed E-state index contributed by atoms with van der Waals surface area (Å²) in [6, 6.07) is 29.1. The van der Waals surface area contributed by atoms with Crippen molar-refractivity contribution in [2.75, 3.05) is 85.5 Å². The van der Waals surface area contributed by atoms with Crippen molar-refractivity contribution in [3.63, 3.8) is 0 Å². The van der Waals surface area contributed by atoms with Crippen LogP contribution in [0.1, 0.15) is 41.2 Å². The second-order valence-electron chi connectivity index (χ2n) is 15.9. The maximum atomic E-state index is 14.6. The molecule has 61 heavy (non-hydrogen) atoms.